The molecule has 0 bridgehead atoms. The van der Waals surface area contributed by atoms with E-state index in [2.05, 4.69) is 15.3 Å². The molecule has 1 rings (SSSR count). The van der Waals surface area contributed by atoms with Gasteiger partial charge in [0.15, 0.2) is 0 Å². The summed E-state index contributed by atoms with van der Waals surface area (Å²) in [6.07, 6.45) is 0.468. The number of anilines is 1. The summed E-state index contributed by atoms with van der Waals surface area (Å²) < 4.78 is 10.0. The molecule has 3 N–H and O–H groups in total. The first-order valence-electron chi connectivity index (χ1n) is 5.95. The quantitative estimate of drug-likeness (QED) is 0.759. The van der Waals surface area contributed by atoms with Gasteiger partial charge in [0.1, 0.15) is 0 Å². The molecular formula is C12H18N4O3S. The van der Waals surface area contributed by atoms with E-state index in [9.17, 15) is 4.79 Å². The molecule has 0 aliphatic heterocycles. The average molecular weight is 298 g/mol. The first-order chi connectivity index (χ1) is 9.37. The minimum atomic E-state index is -0.963. The van der Waals surface area contributed by atoms with Crippen LogP contribution in [0.15, 0.2) is 6.07 Å². The van der Waals surface area contributed by atoms with Gasteiger partial charge in [-0.25, -0.2) is 0 Å². The van der Waals surface area contributed by atoms with E-state index in [0.717, 1.165) is 0 Å². The molecule has 0 aromatic carbocycles. The zero-order valence-electron chi connectivity index (χ0n) is 11.9. The van der Waals surface area contributed by atoms with Crippen molar-refractivity contribution in [3.63, 3.8) is 0 Å². The van der Waals surface area contributed by atoms with Crippen molar-refractivity contribution in [1.82, 2.24) is 9.97 Å². The number of amides is 1. The van der Waals surface area contributed by atoms with Gasteiger partial charge in [0.25, 0.3) is 0 Å². The molecular weight excluding hydrogens is 280 g/mol. The molecule has 110 valence electrons. The third-order valence-electron chi connectivity index (χ3n) is 3.07. The number of carbonyl (C=O) groups excluding carboxylic acids is 1. The van der Waals surface area contributed by atoms with Gasteiger partial charge < -0.3 is 15.2 Å². The smallest absolute Gasteiger partial charge is 0.239 e. The Morgan fingerprint density at radius 3 is 2.25 bits per heavy atom. The summed E-state index contributed by atoms with van der Waals surface area (Å²) in [6.45, 7) is 3.49. The second-order valence-electron chi connectivity index (χ2n) is 4.28. The van der Waals surface area contributed by atoms with Gasteiger partial charge in [0, 0.05) is 0 Å². The first kappa shape index (κ1) is 16.1. The van der Waals surface area contributed by atoms with Gasteiger partial charge in [-0.1, -0.05) is 19.1 Å². The third-order valence-corrected chi connectivity index (χ3v) is 3.53. The topological polar surface area (TPSA) is 99.4 Å². The Morgan fingerprint density at radius 1 is 1.40 bits per heavy atom. The van der Waals surface area contributed by atoms with E-state index >= 15 is 0 Å². The normalized spacial score (nSPS) is 13.2. The van der Waals surface area contributed by atoms with E-state index in [1.807, 2.05) is 6.92 Å². The second-order valence-corrected chi connectivity index (χ2v) is 4.72. The lowest BCUT2D eigenvalue weighted by atomic mass is 9.86. The van der Waals surface area contributed by atoms with Crippen LogP contribution >= 0.6 is 12.2 Å². The van der Waals surface area contributed by atoms with Gasteiger partial charge in [0.05, 0.1) is 30.7 Å². The van der Waals surface area contributed by atoms with Crippen molar-refractivity contribution in [3.8, 4) is 11.8 Å². The van der Waals surface area contributed by atoms with Crippen LogP contribution in [0.25, 0.3) is 0 Å². The zero-order valence-corrected chi connectivity index (χ0v) is 12.7. The molecule has 0 aliphatic rings. The van der Waals surface area contributed by atoms with E-state index in [-0.39, 0.29) is 28.6 Å². The summed E-state index contributed by atoms with van der Waals surface area (Å²) in [7, 11) is 2.91. The molecule has 1 aromatic rings. The SMILES string of the molecule is CCC(C)(C(=O)Nc1nc(OC)cc(OC)n1)C(N)=S. The molecule has 1 heterocycles. The fourth-order valence-electron chi connectivity index (χ4n) is 1.36. The van der Waals surface area contributed by atoms with Crippen LogP contribution in [-0.4, -0.2) is 35.1 Å². The molecule has 8 heteroatoms. The van der Waals surface area contributed by atoms with Crippen molar-refractivity contribution in [2.24, 2.45) is 11.1 Å². The summed E-state index contributed by atoms with van der Waals surface area (Å²) in [6, 6.07) is 1.50. The molecule has 7 nitrogen and oxygen atoms in total. The van der Waals surface area contributed by atoms with Crippen molar-refractivity contribution in [2.75, 3.05) is 19.5 Å². The lowest BCUT2D eigenvalue weighted by Crippen LogP contribution is -2.43. The molecule has 1 atom stereocenters. The van der Waals surface area contributed by atoms with E-state index in [1.54, 1.807) is 6.92 Å². The molecule has 0 saturated carbocycles. The van der Waals surface area contributed by atoms with Crippen LogP contribution in [0, 0.1) is 5.41 Å². The van der Waals surface area contributed by atoms with Crippen LogP contribution in [0.1, 0.15) is 20.3 Å². The number of ether oxygens (including phenoxy) is 2. The predicted molar refractivity (Wildman–Crippen MR) is 78.9 cm³/mol. The number of methoxy groups -OCH3 is 2. The number of rotatable bonds is 6. The third kappa shape index (κ3) is 3.32. The largest absolute Gasteiger partial charge is 0.481 e. The van der Waals surface area contributed by atoms with Gasteiger partial charge in [-0.2, -0.15) is 9.97 Å². The Balaban J connectivity index is 3.03. The van der Waals surface area contributed by atoms with Gasteiger partial charge in [-0.05, 0) is 13.3 Å². The summed E-state index contributed by atoms with van der Waals surface area (Å²) in [5.74, 6) is 0.256. The van der Waals surface area contributed by atoms with Crippen LogP contribution in [0.2, 0.25) is 0 Å². The summed E-state index contributed by atoms with van der Waals surface area (Å²) in [5, 5.41) is 2.58. The molecule has 0 saturated heterocycles. The Labute approximate surface area is 122 Å². The fraction of sp³-hybridized carbons (Fsp3) is 0.500. The monoisotopic (exact) mass is 298 g/mol. The molecule has 0 aliphatic carbocycles. The van der Waals surface area contributed by atoms with Crippen molar-refractivity contribution < 1.29 is 14.3 Å². The van der Waals surface area contributed by atoms with Crippen LogP contribution < -0.4 is 20.5 Å². The molecule has 0 fully saturated rings. The number of hydrogen-bond donors (Lipinski definition) is 2. The zero-order chi connectivity index (χ0) is 15.3. The Morgan fingerprint density at radius 2 is 1.90 bits per heavy atom. The maximum atomic E-state index is 12.3. The predicted octanol–water partition coefficient (Wildman–Crippen LogP) is 1.13. The van der Waals surface area contributed by atoms with Gasteiger partial charge >= 0.3 is 0 Å². The summed E-state index contributed by atoms with van der Waals surface area (Å²) >= 11 is 4.95. The highest BCUT2D eigenvalue weighted by Crippen LogP contribution is 2.24. The van der Waals surface area contributed by atoms with Crippen molar-refractivity contribution in [3.05, 3.63) is 6.07 Å². The Bertz CT molecular complexity index is 501. The van der Waals surface area contributed by atoms with Crippen LogP contribution in [-0.2, 0) is 4.79 Å². The van der Waals surface area contributed by atoms with Gasteiger partial charge in [-0.15, -0.1) is 0 Å². The number of aromatic nitrogens is 2. The van der Waals surface area contributed by atoms with Crippen molar-refractivity contribution in [2.45, 2.75) is 20.3 Å². The molecule has 1 aromatic heterocycles. The number of nitrogens with one attached hydrogen (secondary N) is 1. The average Bonchev–Trinajstić information content (AvgIpc) is 2.45. The highest BCUT2D eigenvalue weighted by atomic mass is 32.1. The maximum Gasteiger partial charge on any atom is 0.239 e. The number of thiocarbonyl (C=S) groups is 1. The fourth-order valence-corrected chi connectivity index (χ4v) is 1.59. The van der Waals surface area contributed by atoms with Gasteiger partial charge in [0.2, 0.25) is 23.6 Å². The molecule has 1 unspecified atom stereocenters. The summed E-state index contributed by atoms with van der Waals surface area (Å²) in [5.41, 5.74) is 4.67. The molecule has 0 spiro atoms. The summed E-state index contributed by atoms with van der Waals surface area (Å²) in [4.78, 5) is 20.4. The molecule has 1 amide bonds. The maximum absolute atomic E-state index is 12.3. The number of nitrogens with two attached hydrogens (primary N) is 1. The highest BCUT2D eigenvalue weighted by Gasteiger charge is 2.35. The number of hydrogen-bond acceptors (Lipinski definition) is 6. The minimum Gasteiger partial charge on any atom is -0.481 e. The van der Waals surface area contributed by atoms with E-state index in [0.29, 0.717) is 6.42 Å². The molecule has 20 heavy (non-hydrogen) atoms. The van der Waals surface area contributed by atoms with Crippen molar-refractivity contribution >= 4 is 29.1 Å². The van der Waals surface area contributed by atoms with E-state index < -0.39 is 5.41 Å². The number of carbonyl (C=O) groups is 1. The van der Waals surface area contributed by atoms with E-state index in [4.69, 9.17) is 27.4 Å². The highest BCUT2D eigenvalue weighted by molar-refractivity contribution is 7.80. The minimum absolute atomic E-state index is 0.0714. The van der Waals surface area contributed by atoms with Crippen molar-refractivity contribution in [1.29, 1.82) is 0 Å². The standard InChI is InChI=1S/C12H18N4O3S/c1-5-12(2,9(13)20)10(17)16-11-14-7(18-3)6-8(15-11)19-4/h6H,5H2,1-4H3,(H2,13,20)(H,14,15,16,17). The Kier molecular flexibility index (Phi) is 5.20. The van der Waals surface area contributed by atoms with Gasteiger partial charge in [-0.3, -0.25) is 10.1 Å². The number of nitrogens with zero attached hydrogens (tertiary/aromatic N) is 2. The molecule has 0 radical (unpaired) electrons. The van der Waals surface area contributed by atoms with E-state index in [1.165, 1.54) is 20.3 Å². The lowest BCUT2D eigenvalue weighted by Gasteiger charge is -2.24. The van der Waals surface area contributed by atoms with Crippen LogP contribution in [0.4, 0.5) is 5.95 Å². The Hall–Kier alpha value is -1.96. The lowest BCUT2D eigenvalue weighted by molar-refractivity contribution is -0.121. The second kappa shape index (κ2) is 6.47. The first-order valence-corrected chi connectivity index (χ1v) is 6.36. The van der Waals surface area contributed by atoms with Crippen LogP contribution in [0.3, 0.4) is 0 Å². The van der Waals surface area contributed by atoms with Crippen LogP contribution in [0.5, 0.6) is 11.8 Å².